The first kappa shape index (κ1) is 14.5. The number of carbonyl (C=O) groups is 2. The molecule has 0 aliphatic carbocycles. The van der Waals surface area contributed by atoms with Crippen molar-refractivity contribution < 1.29 is 19.1 Å². The molecule has 1 aromatic rings. The molecule has 1 saturated heterocycles. The Morgan fingerprint density at radius 1 is 1.65 bits per heavy atom. The van der Waals surface area contributed by atoms with Crippen LogP contribution >= 0.6 is 11.7 Å². The second-order valence-electron chi connectivity index (χ2n) is 5.26. The highest BCUT2D eigenvalue weighted by molar-refractivity contribution is 6.99. The van der Waals surface area contributed by atoms with E-state index in [0.29, 0.717) is 12.4 Å². The van der Waals surface area contributed by atoms with Crippen molar-refractivity contribution in [2.75, 3.05) is 18.0 Å². The van der Waals surface area contributed by atoms with E-state index in [-0.39, 0.29) is 6.54 Å². The maximum absolute atomic E-state index is 12.2. The van der Waals surface area contributed by atoms with Crippen molar-refractivity contribution >= 4 is 29.7 Å². The Kier molecular flexibility index (Phi) is 4.07. The van der Waals surface area contributed by atoms with E-state index in [9.17, 15) is 9.59 Å². The summed E-state index contributed by atoms with van der Waals surface area (Å²) < 4.78 is 18.2. The summed E-state index contributed by atoms with van der Waals surface area (Å²) in [7, 11) is 0. The maximum Gasteiger partial charge on any atom is 0.416 e. The minimum atomic E-state index is -0.622. The lowest BCUT2D eigenvalue weighted by Gasteiger charge is -2.26. The monoisotopic (exact) mass is 300 g/mol. The molecule has 0 unspecified atom stereocenters. The fourth-order valence-corrected chi connectivity index (χ4v) is 2.01. The van der Waals surface area contributed by atoms with Crippen molar-refractivity contribution in [2.45, 2.75) is 32.5 Å². The van der Waals surface area contributed by atoms with Crippen LogP contribution in [0.5, 0.6) is 0 Å². The van der Waals surface area contributed by atoms with Gasteiger partial charge in [-0.15, -0.1) is 0 Å². The second-order valence-corrected chi connectivity index (χ2v) is 5.82. The average Bonchev–Trinajstić information content (AvgIpc) is 2.94. The summed E-state index contributed by atoms with van der Waals surface area (Å²) in [6, 6.07) is 0. The lowest BCUT2D eigenvalue weighted by Crippen LogP contribution is -2.42. The van der Waals surface area contributed by atoms with E-state index in [2.05, 4.69) is 14.1 Å². The minimum absolute atomic E-state index is 0.166. The van der Waals surface area contributed by atoms with Crippen LogP contribution in [-0.2, 0) is 9.47 Å². The topological polar surface area (TPSA) is 93.7 Å². The normalized spacial score (nSPS) is 18.4. The summed E-state index contributed by atoms with van der Waals surface area (Å²) in [5.74, 6) is 0.382. The molecule has 2 heterocycles. The van der Waals surface area contributed by atoms with Crippen molar-refractivity contribution in [3.63, 3.8) is 0 Å². The molecule has 1 atom stereocenters. The molecule has 2 rings (SSSR count). The zero-order valence-electron chi connectivity index (χ0n) is 11.5. The van der Waals surface area contributed by atoms with Crippen LogP contribution in [0, 0.1) is 0 Å². The van der Waals surface area contributed by atoms with Crippen LogP contribution in [0.25, 0.3) is 0 Å². The third-order valence-corrected chi connectivity index (χ3v) is 2.84. The zero-order chi connectivity index (χ0) is 14.8. The number of carbonyl (C=O) groups excluding carboxylic acids is 2. The first-order chi connectivity index (χ1) is 9.35. The Labute approximate surface area is 120 Å². The maximum atomic E-state index is 12.2. The van der Waals surface area contributed by atoms with Gasteiger partial charge in [0, 0.05) is 0 Å². The van der Waals surface area contributed by atoms with Crippen LogP contribution < -0.4 is 10.2 Å². The summed E-state index contributed by atoms with van der Waals surface area (Å²) >= 11 is 0.989. The molecule has 9 heteroatoms. The minimum Gasteiger partial charge on any atom is -0.443 e. The molecule has 8 nitrogen and oxygen atoms in total. The molecule has 1 aliphatic heterocycles. The molecule has 0 saturated carbocycles. The molecule has 1 fully saturated rings. The van der Waals surface area contributed by atoms with Gasteiger partial charge in [0.15, 0.2) is 5.82 Å². The molecule has 20 heavy (non-hydrogen) atoms. The number of ether oxygens (including phenoxy) is 2. The predicted octanol–water partition coefficient (Wildman–Crippen LogP) is 1.39. The SMILES string of the molecule is CC(C)(C)OC(=O)N(C[C@H]1CNC(=O)O1)c1cnsn1. The summed E-state index contributed by atoms with van der Waals surface area (Å²) in [6.07, 6.45) is -0.000824. The highest BCUT2D eigenvalue weighted by Gasteiger charge is 2.31. The van der Waals surface area contributed by atoms with E-state index >= 15 is 0 Å². The fraction of sp³-hybridized carbons (Fsp3) is 0.636. The molecule has 1 N–H and O–H groups in total. The lowest BCUT2D eigenvalue weighted by atomic mass is 10.2. The van der Waals surface area contributed by atoms with Gasteiger partial charge in [-0.1, -0.05) is 0 Å². The Morgan fingerprint density at radius 2 is 2.40 bits per heavy atom. The van der Waals surface area contributed by atoms with Gasteiger partial charge in [0.1, 0.15) is 11.7 Å². The van der Waals surface area contributed by atoms with Crippen LogP contribution in [0.4, 0.5) is 15.4 Å². The summed E-state index contributed by atoms with van der Waals surface area (Å²) in [5.41, 5.74) is -0.622. The van der Waals surface area contributed by atoms with Gasteiger partial charge in [-0.2, -0.15) is 8.75 Å². The van der Waals surface area contributed by atoms with Crippen molar-refractivity contribution in [2.24, 2.45) is 0 Å². The summed E-state index contributed by atoms with van der Waals surface area (Å²) in [5, 5.41) is 2.53. The fourth-order valence-electron chi connectivity index (χ4n) is 1.59. The third kappa shape index (κ3) is 3.80. The average molecular weight is 300 g/mol. The van der Waals surface area contributed by atoms with Gasteiger partial charge >= 0.3 is 12.2 Å². The number of amides is 2. The largest absolute Gasteiger partial charge is 0.443 e. The second kappa shape index (κ2) is 5.61. The van der Waals surface area contributed by atoms with E-state index < -0.39 is 23.9 Å². The molecule has 110 valence electrons. The van der Waals surface area contributed by atoms with Crippen LogP contribution in [0.3, 0.4) is 0 Å². The molecule has 0 spiro atoms. The molecular formula is C11H16N4O4S. The van der Waals surface area contributed by atoms with E-state index in [0.717, 1.165) is 11.7 Å². The van der Waals surface area contributed by atoms with Gasteiger partial charge in [0.2, 0.25) is 0 Å². The van der Waals surface area contributed by atoms with Crippen LogP contribution in [0.2, 0.25) is 0 Å². The smallest absolute Gasteiger partial charge is 0.416 e. The van der Waals surface area contributed by atoms with Gasteiger partial charge in [-0.25, -0.2) is 9.59 Å². The standard InChI is InChI=1S/C11H16N4O4S/c1-11(2,3)19-10(17)15(8-5-13-20-14-8)6-7-4-12-9(16)18-7/h5,7H,4,6H2,1-3H3,(H,12,16)/t7-/m1/s1. The summed E-state index contributed by atoms with van der Waals surface area (Å²) in [6.45, 7) is 5.84. The zero-order valence-corrected chi connectivity index (χ0v) is 12.3. The first-order valence-electron chi connectivity index (χ1n) is 6.08. The highest BCUT2D eigenvalue weighted by atomic mass is 32.1. The molecule has 2 amide bonds. The highest BCUT2D eigenvalue weighted by Crippen LogP contribution is 2.18. The van der Waals surface area contributed by atoms with Gasteiger partial charge in [-0.3, -0.25) is 4.90 Å². The van der Waals surface area contributed by atoms with Gasteiger partial charge in [0.05, 0.1) is 31.0 Å². The molecular weight excluding hydrogens is 284 g/mol. The number of aromatic nitrogens is 2. The number of rotatable bonds is 3. The number of alkyl carbamates (subject to hydrolysis) is 1. The Hall–Kier alpha value is -1.90. The molecule has 0 bridgehead atoms. The van der Waals surface area contributed by atoms with Crippen molar-refractivity contribution in [3.8, 4) is 0 Å². The van der Waals surface area contributed by atoms with Crippen LogP contribution in [-0.4, -0.2) is 45.7 Å². The van der Waals surface area contributed by atoms with E-state index in [1.165, 1.54) is 11.1 Å². The number of cyclic esters (lactones) is 1. The van der Waals surface area contributed by atoms with Crippen molar-refractivity contribution in [1.29, 1.82) is 0 Å². The number of nitrogens with one attached hydrogen (secondary N) is 1. The first-order valence-corrected chi connectivity index (χ1v) is 6.81. The summed E-state index contributed by atoms with van der Waals surface area (Å²) in [4.78, 5) is 24.6. The van der Waals surface area contributed by atoms with E-state index in [1.54, 1.807) is 20.8 Å². The van der Waals surface area contributed by atoms with Gasteiger partial charge < -0.3 is 14.8 Å². The van der Waals surface area contributed by atoms with Gasteiger partial charge in [0.25, 0.3) is 0 Å². The van der Waals surface area contributed by atoms with Crippen LogP contribution in [0.1, 0.15) is 20.8 Å². The Morgan fingerprint density at radius 3 is 2.90 bits per heavy atom. The van der Waals surface area contributed by atoms with Crippen molar-refractivity contribution in [3.05, 3.63) is 6.20 Å². The van der Waals surface area contributed by atoms with E-state index in [4.69, 9.17) is 9.47 Å². The number of hydrogen-bond donors (Lipinski definition) is 1. The number of nitrogens with zero attached hydrogens (tertiary/aromatic N) is 3. The van der Waals surface area contributed by atoms with Gasteiger partial charge in [-0.05, 0) is 20.8 Å². The lowest BCUT2D eigenvalue weighted by molar-refractivity contribution is 0.0557. The third-order valence-electron chi connectivity index (χ3n) is 2.37. The predicted molar refractivity (Wildman–Crippen MR) is 71.8 cm³/mol. The molecule has 1 aromatic heterocycles. The number of hydrogen-bond acceptors (Lipinski definition) is 7. The number of anilines is 1. The Bertz CT molecular complexity index is 485. The Balaban J connectivity index is 2.09. The van der Waals surface area contributed by atoms with Crippen molar-refractivity contribution in [1.82, 2.24) is 14.1 Å². The molecule has 1 aliphatic rings. The molecule has 0 radical (unpaired) electrons. The van der Waals surface area contributed by atoms with E-state index in [1.807, 2.05) is 0 Å². The molecule has 0 aromatic carbocycles. The van der Waals surface area contributed by atoms with Crippen LogP contribution in [0.15, 0.2) is 6.20 Å². The quantitative estimate of drug-likeness (QED) is 0.906.